The van der Waals surface area contributed by atoms with Gasteiger partial charge in [-0.3, -0.25) is 4.79 Å². The van der Waals surface area contributed by atoms with E-state index in [2.05, 4.69) is 0 Å². The van der Waals surface area contributed by atoms with Gasteiger partial charge in [0, 0.05) is 5.92 Å². The summed E-state index contributed by atoms with van der Waals surface area (Å²) in [6.45, 7) is 3.02. The zero-order valence-corrected chi connectivity index (χ0v) is 13.5. The molecule has 8 heteroatoms. The summed E-state index contributed by atoms with van der Waals surface area (Å²) in [5.41, 5.74) is -4.43. The van der Waals surface area contributed by atoms with Crippen molar-refractivity contribution in [3.8, 4) is 0 Å². The minimum atomic E-state index is -2.45. The van der Waals surface area contributed by atoms with E-state index in [-0.39, 0.29) is 18.8 Å². The van der Waals surface area contributed by atoms with Crippen LogP contribution in [0.15, 0.2) is 11.6 Å². The zero-order valence-electron chi connectivity index (χ0n) is 13.5. The lowest BCUT2D eigenvalue weighted by Crippen LogP contribution is -2.63. The standard InChI is InChI=1S/C16H18O8/c1-7-8(17)4-9-13(2)6-23-11(18)15(13,20)10-5-14(7,9)16(21,24-10)12(19)22-3/h4,7,10,20-21H,5-6H2,1-3H3/t7-,10-,13-,14+,15+,16+/m0/s1. The highest BCUT2D eigenvalue weighted by atomic mass is 16.7. The quantitative estimate of drug-likeness (QED) is 0.589. The summed E-state index contributed by atoms with van der Waals surface area (Å²) < 4.78 is 15.3. The minimum absolute atomic E-state index is 0.0570. The van der Waals surface area contributed by atoms with Crippen molar-refractivity contribution in [2.45, 2.75) is 37.8 Å². The normalized spacial score (nSPS) is 51.8. The van der Waals surface area contributed by atoms with E-state index in [1.165, 1.54) is 6.08 Å². The number of methoxy groups -OCH3 is 1. The lowest BCUT2D eigenvalue weighted by Gasteiger charge is -2.49. The number of carbonyl (C=O) groups excluding carboxylic acids is 3. The molecule has 4 rings (SSSR count). The first-order valence-corrected chi connectivity index (χ1v) is 7.74. The van der Waals surface area contributed by atoms with Crippen molar-refractivity contribution in [1.29, 1.82) is 0 Å². The third-order valence-corrected chi connectivity index (χ3v) is 6.52. The third kappa shape index (κ3) is 1.22. The summed E-state index contributed by atoms with van der Waals surface area (Å²) in [5.74, 6) is -5.46. The Morgan fingerprint density at radius 1 is 1.38 bits per heavy atom. The van der Waals surface area contributed by atoms with Crippen LogP contribution in [0.4, 0.5) is 0 Å². The number of ether oxygens (including phenoxy) is 3. The van der Waals surface area contributed by atoms with Crippen molar-refractivity contribution in [2.24, 2.45) is 16.7 Å². The largest absolute Gasteiger partial charge is 0.465 e. The second kappa shape index (κ2) is 4.07. The Labute approximate surface area is 137 Å². The van der Waals surface area contributed by atoms with Gasteiger partial charge in [-0.2, -0.15) is 0 Å². The Kier molecular flexibility index (Phi) is 2.67. The van der Waals surface area contributed by atoms with Gasteiger partial charge in [0.05, 0.1) is 17.9 Å². The van der Waals surface area contributed by atoms with Crippen molar-refractivity contribution in [1.82, 2.24) is 0 Å². The van der Waals surface area contributed by atoms with Gasteiger partial charge in [-0.05, 0) is 25.0 Å². The van der Waals surface area contributed by atoms with E-state index in [4.69, 9.17) is 14.2 Å². The van der Waals surface area contributed by atoms with E-state index in [0.717, 1.165) is 7.11 Å². The van der Waals surface area contributed by atoms with Gasteiger partial charge in [-0.15, -0.1) is 0 Å². The van der Waals surface area contributed by atoms with Crippen LogP contribution in [0, 0.1) is 16.7 Å². The molecule has 1 spiro atoms. The minimum Gasteiger partial charge on any atom is -0.465 e. The van der Waals surface area contributed by atoms with Crippen molar-refractivity contribution in [3.05, 3.63) is 11.6 Å². The SMILES string of the molecule is COC(=O)[C@@]1(O)O[C@H]2C[C@@]13C(=CC(=O)[C@@H]3C)[C@]1(C)COC(=O)[C@]21O. The number of cyclic esters (lactones) is 1. The molecule has 0 amide bonds. The van der Waals surface area contributed by atoms with Crippen molar-refractivity contribution >= 4 is 17.7 Å². The van der Waals surface area contributed by atoms with E-state index in [0.29, 0.717) is 5.57 Å². The van der Waals surface area contributed by atoms with Crippen LogP contribution >= 0.6 is 0 Å². The molecule has 2 aliphatic heterocycles. The van der Waals surface area contributed by atoms with Gasteiger partial charge >= 0.3 is 11.9 Å². The average Bonchev–Trinajstić information content (AvgIpc) is 3.09. The highest BCUT2D eigenvalue weighted by Crippen LogP contribution is 2.71. The molecule has 130 valence electrons. The highest BCUT2D eigenvalue weighted by Gasteiger charge is 2.84. The van der Waals surface area contributed by atoms with Gasteiger partial charge in [0.1, 0.15) is 12.7 Å². The zero-order chi connectivity index (χ0) is 17.7. The number of ketones is 1. The molecule has 2 saturated heterocycles. The summed E-state index contributed by atoms with van der Waals surface area (Å²) in [5, 5.41) is 22.2. The number of allylic oxidation sites excluding steroid dienone is 1. The molecular formula is C16H18O8. The van der Waals surface area contributed by atoms with Crippen LogP contribution < -0.4 is 0 Å². The highest BCUT2D eigenvalue weighted by molar-refractivity contribution is 6.00. The van der Waals surface area contributed by atoms with Crippen molar-refractivity contribution in [3.63, 3.8) is 0 Å². The fraction of sp³-hybridized carbons (Fsp3) is 0.688. The van der Waals surface area contributed by atoms with Crippen LogP contribution in [0.5, 0.6) is 0 Å². The number of fused-ring (bicyclic) bond motifs is 4. The van der Waals surface area contributed by atoms with E-state index in [1.807, 2.05) is 0 Å². The molecule has 0 aromatic heterocycles. The van der Waals surface area contributed by atoms with Gasteiger partial charge in [-0.25, -0.2) is 9.59 Å². The number of aliphatic hydroxyl groups is 2. The number of esters is 2. The van der Waals surface area contributed by atoms with Gasteiger partial charge < -0.3 is 24.4 Å². The lowest BCUT2D eigenvalue weighted by molar-refractivity contribution is -0.253. The molecule has 2 N–H and O–H groups in total. The third-order valence-electron chi connectivity index (χ3n) is 6.52. The molecule has 0 radical (unpaired) electrons. The van der Waals surface area contributed by atoms with Crippen LogP contribution in [0.2, 0.25) is 0 Å². The molecule has 2 aliphatic carbocycles. The van der Waals surface area contributed by atoms with Gasteiger partial charge in [0.15, 0.2) is 5.78 Å². The first-order valence-electron chi connectivity index (χ1n) is 7.74. The summed E-state index contributed by atoms with van der Waals surface area (Å²) >= 11 is 0. The fourth-order valence-electron chi connectivity index (χ4n) is 5.10. The summed E-state index contributed by atoms with van der Waals surface area (Å²) in [6.07, 6.45) is 0.0571. The Bertz CT molecular complexity index is 728. The van der Waals surface area contributed by atoms with E-state index in [1.54, 1.807) is 13.8 Å². The first-order chi connectivity index (χ1) is 11.1. The van der Waals surface area contributed by atoms with Crippen LogP contribution in [0.3, 0.4) is 0 Å². The molecule has 4 aliphatic rings. The molecule has 1 saturated carbocycles. The Hall–Kier alpha value is -1.77. The van der Waals surface area contributed by atoms with Gasteiger partial charge in [0.25, 0.3) is 5.79 Å². The number of hydrogen-bond donors (Lipinski definition) is 2. The van der Waals surface area contributed by atoms with Crippen molar-refractivity contribution in [2.75, 3.05) is 13.7 Å². The fourth-order valence-corrected chi connectivity index (χ4v) is 5.10. The van der Waals surface area contributed by atoms with E-state index in [9.17, 15) is 24.6 Å². The molecule has 2 heterocycles. The Balaban J connectivity index is 2.03. The predicted octanol–water partition coefficient (Wildman–Crippen LogP) is -0.924. The Morgan fingerprint density at radius 3 is 2.67 bits per heavy atom. The molecule has 0 unspecified atom stereocenters. The summed E-state index contributed by atoms with van der Waals surface area (Å²) in [6, 6.07) is 0. The van der Waals surface area contributed by atoms with Gasteiger partial charge in [-0.1, -0.05) is 6.92 Å². The van der Waals surface area contributed by atoms with E-state index >= 15 is 0 Å². The second-order valence-electron chi connectivity index (χ2n) is 7.27. The summed E-state index contributed by atoms with van der Waals surface area (Å²) in [4.78, 5) is 37.0. The average molecular weight is 338 g/mol. The van der Waals surface area contributed by atoms with E-state index < -0.39 is 46.2 Å². The van der Waals surface area contributed by atoms with Crippen LogP contribution in [0.25, 0.3) is 0 Å². The van der Waals surface area contributed by atoms with Crippen LogP contribution in [0.1, 0.15) is 20.3 Å². The van der Waals surface area contributed by atoms with Gasteiger partial charge in [0.2, 0.25) is 5.60 Å². The summed E-state index contributed by atoms with van der Waals surface area (Å²) in [7, 11) is 1.10. The maximum atomic E-state index is 12.4. The molecule has 24 heavy (non-hydrogen) atoms. The molecule has 2 bridgehead atoms. The smallest absolute Gasteiger partial charge is 0.367 e. The first kappa shape index (κ1) is 15.7. The Morgan fingerprint density at radius 2 is 2.04 bits per heavy atom. The van der Waals surface area contributed by atoms with Crippen LogP contribution in [-0.4, -0.2) is 59.1 Å². The number of rotatable bonds is 1. The molecule has 0 aromatic carbocycles. The number of carbonyl (C=O) groups is 3. The second-order valence-corrected chi connectivity index (χ2v) is 7.27. The van der Waals surface area contributed by atoms with Crippen molar-refractivity contribution < 1.29 is 38.8 Å². The lowest BCUT2D eigenvalue weighted by atomic mass is 9.51. The molecule has 6 atom stereocenters. The van der Waals surface area contributed by atoms with Crippen LogP contribution in [-0.2, 0) is 28.6 Å². The maximum absolute atomic E-state index is 12.4. The topological polar surface area (TPSA) is 119 Å². The maximum Gasteiger partial charge on any atom is 0.367 e. The predicted molar refractivity (Wildman–Crippen MR) is 75.2 cm³/mol. The number of hydrogen-bond acceptors (Lipinski definition) is 8. The molecule has 8 nitrogen and oxygen atoms in total. The molecular weight excluding hydrogens is 320 g/mol. The molecule has 0 aromatic rings. The molecule has 3 fully saturated rings. The monoisotopic (exact) mass is 338 g/mol.